The van der Waals surface area contributed by atoms with E-state index in [9.17, 15) is 8.42 Å². The fraction of sp³-hybridized carbons (Fsp3) is 0.462. The van der Waals surface area contributed by atoms with Crippen LogP contribution in [-0.2, 0) is 10.3 Å². The molecular weight excluding hydrogens is 248 g/mol. The first-order valence-electron chi connectivity index (χ1n) is 6.15. The molecule has 5 heteroatoms. The lowest BCUT2D eigenvalue weighted by molar-refractivity contribution is 0.627. The normalized spacial score (nSPS) is 10.1. The van der Waals surface area contributed by atoms with Gasteiger partial charge in [-0.25, -0.2) is 0 Å². The predicted molar refractivity (Wildman–Crippen MR) is 77.6 cm³/mol. The standard InChI is InChI=1S/C13H20N2O2S/c1-2-3-9-15(10-4-11-18(16)17)13-7-5-12(14)6-8-13/h5-8,11H,2-4,9-10,14H2,1H3. The molecule has 1 aromatic rings. The summed E-state index contributed by atoms with van der Waals surface area (Å²) in [5.74, 6) is 0. The minimum absolute atomic E-state index is 0.532. The molecule has 2 N–H and O–H groups in total. The van der Waals surface area contributed by atoms with E-state index in [0.717, 1.165) is 30.8 Å². The van der Waals surface area contributed by atoms with Crippen molar-refractivity contribution in [1.29, 1.82) is 0 Å². The van der Waals surface area contributed by atoms with Gasteiger partial charge in [0.2, 0.25) is 10.3 Å². The summed E-state index contributed by atoms with van der Waals surface area (Å²) in [5, 5.41) is 1.30. The van der Waals surface area contributed by atoms with Crippen LogP contribution in [0.1, 0.15) is 26.2 Å². The maximum Gasteiger partial charge on any atom is 0.210 e. The first-order valence-corrected chi connectivity index (χ1v) is 7.29. The summed E-state index contributed by atoms with van der Waals surface area (Å²) in [6.45, 7) is 3.78. The number of nitrogens with two attached hydrogens (primary N) is 1. The molecule has 0 unspecified atom stereocenters. The van der Waals surface area contributed by atoms with Gasteiger partial charge in [-0.05, 0) is 37.1 Å². The topological polar surface area (TPSA) is 63.4 Å². The number of benzene rings is 1. The highest BCUT2D eigenvalue weighted by molar-refractivity contribution is 7.71. The number of hydrogen-bond donors (Lipinski definition) is 1. The summed E-state index contributed by atoms with van der Waals surface area (Å²) in [5.41, 5.74) is 7.48. The molecule has 1 aromatic carbocycles. The van der Waals surface area contributed by atoms with Crippen LogP contribution in [0.15, 0.2) is 24.3 Å². The molecule has 0 amide bonds. The van der Waals surface area contributed by atoms with E-state index in [4.69, 9.17) is 5.73 Å². The molecule has 0 bridgehead atoms. The number of anilines is 2. The zero-order valence-electron chi connectivity index (χ0n) is 10.7. The number of hydrogen-bond acceptors (Lipinski definition) is 4. The summed E-state index contributed by atoms with van der Waals surface area (Å²) < 4.78 is 21.0. The fourth-order valence-electron chi connectivity index (χ4n) is 1.71. The van der Waals surface area contributed by atoms with Gasteiger partial charge in [0.05, 0.1) is 0 Å². The fourth-order valence-corrected chi connectivity index (χ4v) is 2.01. The van der Waals surface area contributed by atoms with Gasteiger partial charge in [0, 0.05) is 29.8 Å². The monoisotopic (exact) mass is 268 g/mol. The van der Waals surface area contributed by atoms with E-state index in [1.165, 1.54) is 5.37 Å². The Morgan fingerprint density at radius 1 is 1.22 bits per heavy atom. The summed E-state index contributed by atoms with van der Waals surface area (Å²) in [7, 11) is -2.07. The second-order valence-corrected chi connectivity index (χ2v) is 5.00. The smallest absolute Gasteiger partial charge is 0.210 e. The van der Waals surface area contributed by atoms with E-state index in [0.29, 0.717) is 13.0 Å². The molecule has 0 fully saturated rings. The Morgan fingerprint density at radius 3 is 2.44 bits per heavy atom. The number of nitrogens with zero attached hydrogens (tertiary/aromatic N) is 1. The third-order valence-corrected chi connectivity index (χ3v) is 3.20. The molecule has 0 aliphatic heterocycles. The lowest BCUT2D eigenvalue weighted by Gasteiger charge is -2.24. The van der Waals surface area contributed by atoms with Crippen LogP contribution in [0.2, 0.25) is 0 Å². The molecule has 0 heterocycles. The molecule has 0 saturated heterocycles. The molecule has 0 radical (unpaired) electrons. The molecule has 0 aromatic heterocycles. The quantitative estimate of drug-likeness (QED) is 0.606. The molecule has 4 nitrogen and oxygen atoms in total. The lowest BCUT2D eigenvalue weighted by atomic mass is 10.2. The molecule has 100 valence electrons. The van der Waals surface area contributed by atoms with Gasteiger partial charge >= 0.3 is 0 Å². The van der Waals surface area contributed by atoms with Gasteiger partial charge in [-0.2, -0.15) is 8.42 Å². The van der Waals surface area contributed by atoms with Gasteiger partial charge < -0.3 is 10.6 Å². The van der Waals surface area contributed by atoms with Crippen LogP contribution in [0.5, 0.6) is 0 Å². The highest BCUT2D eigenvalue weighted by atomic mass is 32.2. The second-order valence-electron chi connectivity index (χ2n) is 4.15. The zero-order chi connectivity index (χ0) is 13.4. The number of rotatable bonds is 7. The zero-order valence-corrected chi connectivity index (χ0v) is 11.5. The predicted octanol–water partition coefficient (Wildman–Crippen LogP) is 1.95. The van der Waals surface area contributed by atoms with E-state index >= 15 is 0 Å². The van der Waals surface area contributed by atoms with Gasteiger partial charge in [-0.1, -0.05) is 13.3 Å². The third kappa shape index (κ3) is 5.23. The van der Waals surface area contributed by atoms with Crippen molar-refractivity contribution in [3.63, 3.8) is 0 Å². The first-order chi connectivity index (χ1) is 8.63. The number of nitrogen functional groups attached to an aromatic ring is 1. The maximum absolute atomic E-state index is 10.5. The van der Waals surface area contributed by atoms with Crippen LogP contribution in [-0.4, -0.2) is 26.9 Å². The largest absolute Gasteiger partial charge is 0.399 e. The first kappa shape index (κ1) is 14.6. The molecule has 0 atom stereocenters. The highest BCUT2D eigenvalue weighted by Crippen LogP contribution is 2.17. The van der Waals surface area contributed by atoms with Crippen LogP contribution < -0.4 is 10.6 Å². The lowest BCUT2D eigenvalue weighted by Crippen LogP contribution is -2.25. The Bertz CT molecular complexity index is 472. The van der Waals surface area contributed by atoms with E-state index in [1.807, 2.05) is 24.3 Å². The van der Waals surface area contributed by atoms with Crippen molar-refractivity contribution >= 4 is 27.0 Å². The minimum Gasteiger partial charge on any atom is -0.399 e. The van der Waals surface area contributed by atoms with Crippen LogP contribution in [0, 0.1) is 0 Å². The summed E-state index contributed by atoms with van der Waals surface area (Å²) in [4.78, 5) is 2.19. The van der Waals surface area contributed by atoms with Crippen molar-refractivity contribution in [2.75, 3.05) is 23.7 Å². The molecule has 0 aliphatic rings. The van der Waals surface area contributed by atoms with Crippen LogP contribution >= 0.6 is 0 Å². The van der Waals surface area contributed by atoms with E-state index in [2.05, 4.69) is 11.8 Å². The summed E-state index contributed by atoms with van der Waals surface area (Å²) in [6, 6.07) is 7.67. The summed E-state index contributed by atoms with van der Waals surface area (Å²) >= 11 is 0. The van der Waals surface area contributed by atoms with Crippen molar-refractivity contribution in [2.24, 2.45) is 0 Å². The molecule has 1 rings (SSSR count). The Morgan fingerprint density at radius 2 is 1.89 bits per heavy atom. The molecule has 0 saturated carbocycles. The van der Waals surface area contributed by atoms with Crippen molar-refractivity contribution in [2.45, 2.75) is 26.2 Å². The second kappa shape index (κ2) is 7.76. The van der Waals surface area contributed by atoms with Gasteiger partial charge in [0.1, 0.15) is 0 Å². The van der Waals surface area contributed by atoms with Crippen LogP contribution in [0.4, 0.5) is 11.4 Å². The van der Waals surface area contributed by atoms with E-state index in [1.54, 1.807) is 0 Å². The van der Waals surface area contributed by atoms with Crippen molar-refractivity contribution in [3.8, 4) is 0 Å². The average molecular weight is 268 g/mol. The average Bonchev–Trinajstić information content (AvgIpc) is 2.34. The number of unbranched alkanes of at least 4 members (excludes halogenated alkanes) is 1. The Labute approximate surface area is 110 Å². The van der Waals surface area contributed by atoms with E-state index < -0.39 is 10.3 Å². The van der Waals surface area contributed by atoms with Gasteiger partial charge in [0.15, 0.2) is 0 Å². The van der Waals surface area contributed by atoms with Crippen LogP contribution in [0.25, 0.3) is 0 Å². The van der Waals surface area contributed by atoms with Crippen molar-refractivity contribution in [3.05, 3.63) is 24.3 Å². The van der Waals surface area contributed by atoms with Gasteiger partial charge in [-0.3, -0.25) is 0 Å². The molecule has 0 spiro atoms. The maximum atomic E-state index is 10.5. The summed E-state index contributed by atoms with van der Waals surface area (Å²) in [6.07, 6.45) is 2.73. The molecule has 18 heavy (non-hydrogen) atoms. The van der Waals surface area contributed by atoms with Crippen LogP contribution in [0.3, 0.4) is 0 Å². The third-order valence-electron chi connectivity index (χ3n) is 2.69. The minimum atomic E-state index is -2.07. The van der Waals surface area contributed by atoms with E-state index in [-0.39, 0.29) is 0 Å². The molecule has 0 aliphatic carbocycles. The Kier molecular flexibility index (Phi) is 6.28. The Hall–Kier alpha value is -1.49. The van der Waals surface area contributed by atoms with Gasteiger partial charge in [-0.15, -0.1) is 0 Å². The SMILES string of the molecule is CCCCN(CCC=S(=O)=O)c1ccc(N)cc1. The van der Waals surface area contributed by atoms with Crippen molar-refractivity contribution in [1.82, 2.24) is 0 Å². The van der Waals surface area contributed by atoms with Crippen molar-refractivity contribution < 1.29 is 8.42 Å². The highest BCUT2D eigenvalue weighted by Gasteiger charge is 2.04. The van der Waals surface area contributed by atoms with Gasteiger partial charge in [0.25, 0.3) is 0 Å². The Balaban J connectivity index is 2.70. The molecular formula is C13H20N2O2S.